The number of hydrogen-bond acceptors (Lipinski definition) is 2. The lowest BCUT2D eigenvalue weighted by atomic mass is 9.85. The van der Waals surface area contributed by atoms with Gasteiger partial charge in [0.25, 0.3) is 0 Å². The van der Waals surface area contributed by atoms with Crippen LogP contribution in [0.5, 0.6) is 0 Å². The molecule has 1 fully saturated rings. The lowest BCUT2D eigenvalue weighted by Gasteiger charge is -2.45. The van der Waals surface area contributed by atoms with E-state index >= 15 is 0 Å². The van der Waals surface area contributed by atoms with Gasteiger partial charge in [-0.25, -0.2) is 0 Å². The summed E-state index contributed by atoms with van der Waals surface area (Å²) in [6, 6.07) is 0. The third kappa shape index (κ3) is 2.01. The molecule has 1 heterocycles. The molecule has 0 spiro atoms. The third-order valence-electron chi connectivity index (χ3n) is 3.96. The molecule has 1 saturated heterocycles. The zero-order valence-electron chi connectivity index (χ0n) is 10.2. The van der Waals surface area contributed by atoms with Gasteiger partial charge in [-0.2, -0.15) is 0 Å². The van der Waals surface area contributed by atoms with Crippen molar-refractivity contribution in [3.8, 4) is 0 Å². The molecule has 0 radical (unpaired) electrons. The predicted octanol–water partition coefficient (Wildman–Crippen LogP) is 1.90. The summed E-state index contributed by atoms with van der Waals surface area (Å²) < 4.78 is 0. The molecule has 0 N–H and O–H groups in total. The summed E-state index contributed by atoms with van der Waals surface area (Å²) in [4.78, 5) is 5.01. The van der Waals surface area contributed by atoms with E-state index in [0.717, 1.165) is 6.42 Å². The first-order valence-electron chi connectivity index (χ1n) is 5.91. The summed E-state index contributed by atoms with van der Waals surface area (Å²) in [6.45, 7) is 9.36. The molecule has 0 amide bonds. The molecule has 2 heteroatoms. The van der Waals surface area contributed by atoms with Crippen molar-refractivity contribution in [2.75, 3.05) is 33.2 Å². The Labute approximate surface area is 93.2 Å². The van der Waals surface area contributed by atoms with E-state index in [-0.39, 0.29) is 5.54 Å². The fourth-order valence-corrected chi connectivity index (χ4v) is 2.51. The van der Waals surface area contributed by atoms with Crippen LogP contribution in [0.25, 0.3) is 0 Å². The number of likely N-dealkylation sites (N-methyl/N-ethyl adjacent to an activating group) is 1. The summed E-state index contributed by atoms with van der Waals surface area (Å²) in [5.41, 5.74) is 1.69. The second-order valence-corrected chi connectivity index (χ2v) is 4.96. The van der Waals surface area contributed by atoms with Crippen LogP contribution in [0.4, 0.5) is 0 Å². The van der Waals surface area contributed by atoms with Gasteiger partial charge in [0, 0.05) is 26.2 Å². The van der Waals surface area contributed by atoms with Gasteiger partial charge in [-0.15, -0.1) is 0 Å². The molecular weight excluding hydrogens is 184 g/mol. The van der Waals surface area contributed by atoms with E-state index in [1.165, 1.54) is 31.8 Å². The van der Waals surface area contributed by atoms with E-state index in [0.29, 0.717) is 0 Å². The van der Waals surface area contributed by atoms with E-state index < -0.39 is 0 Å². The number of hydrogen-bond donors (Lipinski definition) is 0. The number of allylic oxidation sites excluding steroid dienone is 2. The van der Waals surface area contributed by atoms with E-state index in [1.807, 2.05) is 0 Å². The largest absolute Gasteiger partial charge is 0.304 e. The fraction of sp³-hybridized carbons (Fsp3) is 0.692. The van der Waals surface area contributed by atoms with Gasteiger partial charge in [0.2, 0.25) is 0 Å². The number of nitrogens with zero attached hydrogens (tertiary/aromatic N) is 2. The Kier molecular flexibility index (Phi) is 2.98. The third-order valence-corrected chi connectivity index (χ3v) is 3.96. The van der Waals surface area contributed by atoms with Crippen LogP contribution in [0.1, 0.15) is 20.3 Å². The fourth-order valence-electron chi connectivity index (χ4n) is 2.51. The molecule has 1 aliphatic carbocycles. The van der Waals surface area contributed by atoms with E-state index in [2.05, 4.69) is 48.9 Å². The van der Waals surface area contributed by atoms with Crippen molar-refractivity contribution in [2.45, 2.75) is 25.8 Å². The molecule has 0 saturated carbocycles. The molecule has 2 aliphatic rings. The summed E-state index contributed by atoms with van der Waals surface area (Å²) in [6.07, 6.45) is 8.15. The Morgan fingerprint density at radius 2 is 1.87 bits per heavy atom. The highest BCUT2D eigenvalue weighted by Crippen LogP contribution is 2.30. The SMILES string of the molecule is CC1=CCC=CC1(C)N1CCN(C)CC1. The number of piperazine rings is 1. The highest BCUT2D eigenvalue weighted by atomic mass is 15.3. The minimum Gasteiger partial charge on any atom is -0.304 e. The van der Waals surface area contributed by atoms with Crippen molar-refractivity contribution >= 4 is 0 Å². The monoisotopic (exact) mass is 206 g/mol. The van der Waals surface area contributed by atoms with Crippen molar-refractivity contribution in [3.63, 3.8) is 0 Å². The van der Waals surface area contributed by atoms with Crippen LogP contribution in [-0.2, 0) is 0 Å². The van der Waals surface area contributed by atoms with Gasteiger partial charge in [0.05, 0.1) is 5.54 Å². The molecule has 1 unspecified atom stereocenters. The van der Waals surface area contributed by atoms with Gasteiger partial charge in [0.15, 0.2) is 0 Å². The molecule has 84 valence electrons. The summed E-state index contributed by atoms with van der Waals surface area (Å²) in [5, 5.41) is 0. The summed E-state index contributed by atoms with van der Waals surface area (Å²) in [5.74, 6) is 0. The maximum absolute atomic E-state index is 2.61. The zero-order valence-corrected chi connectivity index (χ0v) is 10.2. The Morgan fingerprint density at radius 3 is 2.47 bits per heavy atom. The Hall–Kier alpha value is -0.600. The maximum Gasteiger partial charge on any atom is 0.0574 e. The highest BCUT2D eigenvalue weighted by Gasteiger charge is 2.33. The van der Waals surface area contributed by atoms with Crippen LogP contribution in [0, 0.1) is 0 Å². The predicted molar refractivity (Wildman–Crippen MR) is 65.0 cm³/mol. The minimum absolute atomic E-state index is 0.180. The van der Waals surface area contributed by atoms with Crippen LogP contribution in [0.3, 0.4) is 0 Å². The van der Waals surface area contributed by atoms with Crippen molar-refractivity contribution < 1.29 is 0 Å². The lowest BCUT2D eigenvalue weighted by Crippen LogP contribution is -2.55. The molecule has 0 bridgehead atoms. The van der Waals surface area contributed by atoms with Crippen molar-refractivity contribution in [1.82, 2.24) is 9.80 Å². The second-order valence-electron chi connectivity index (χ2n) is 4.96. The quantitative estimate of drug-likeness (QED) is 0.605. The average molecular weight is 206 g/mol. The zero-order chi connectivity index (χ0) is 10.9. The first-order valence-corrected chi connectivity index (χ1v) is 5.91. The standard InChI is InChI=1S/C13H22N2/c1-12-6-4-5-7-13(12,2)15-10-8-14(3)9-11-15/h5-7H,4,8-11H2,1-3H3. The molecule has 1 aliphatic heterocycles. The topological polar surface area (TPSA) is 6.48 Å². The van der Waals surface area contributed by atoms with Gasteiger partial charge >= 0.3 is 0 Å². The van der Waals surface area contributed by atoms with Gasteiger partial charge in [0.1, 0.15) is 0 Å². The van der Waals surface area contributed by atoms with Crippen molar-refractivity contribution in [3.05, 3.63) is 23.8 Å². The van der Waals surface area contributed by atoms with Crippen LogP contribution in [-0.4, -0.2) is 48.6 Å². The molecule has 0 aromatic carbocycles. The average Bonchev–Trinajstić information content (AvgIpc) is 2.23. The molecule has 0 aromatic rings. The maximum atomic E-state index is 2.61. The number of rotatable bonds is 1. The van der Waals surface area contributed by atoms with Crippen LogP contribution in [0.15, 0.2) is 23.8 Å². The van der Waals surface area contributed by atoms with Gasteiger partial charge in [-0.3, -0.25) is 4.90 Å². The molecule has 2 nitrogen and oxygen atoms in total. The van der Waals surface area contributed by atoms with E-state index in [1.54, 1.807) is 0 Å². The normalized spacial score (nSPS) is 34.2. The molecule has 1 atom stereocenters. The smallest absolute Gasteiger partial charge is 0.0574 e. The first-order chi connectivity index (χ1) is 7.13. The Balaban J connectivity index is 2.11. The van der Waals surface area contributed by atoms with Crippen molar-refractivity contribution in [1.29, 1.82) is 0 Å². The van der Waals surface area contributed by atoms with Crippen LogP contribution >= 0.6 is 0 Å². The van der Waals surface area contributed by atoms with Crippen molar-refractivity contribution in [2.24, 2.45) is 0 Å². The van der Waals surface area contributed by atoms with E-state index in [9.17, 15) is 0 Å². The molecule has 15 heavy (non-hydrogen) atoms. The minimum atomic E-state index is 0.180. The Morgan fingerprint density at radius 1 is 1.20 bits per heavy atom. The summed E-state index contributed by atoms with van der Waals surface area (Å²) >= 11 is 0. The van der Waals surface area contributed by atoms with Crippen LogP contribution < -0.4 is 0 Å². The van der Waals surface area contributed by atoms with Gasteiger partial charge in [-0.1, -0.05) is 23.8 Å². The second kappa shape index (κ2) is 4.11. The van der Waals surface area contributed by atoms with Gasteiger partial charge in [-0.05, 0) is 27.3 Å². The summed E-state index contributed by atoms with van der Waals surface area (Å²) in [7, 11) is 2.21. The molecular formula is C13H22N2. The molecule has 0 aromatic heterocycles. The Bertz CT molecular complexity index is 285. The lowest BCUT2D eigenvalue weighted by molar-refractivity contribution is 0.0972. The highest BCUT2D eigenvalue weighted by molar-refractivity contribution is 5.30. The van der Waals surface area contributed by atoms with Crippen LogP contribution in [0.2, 0.25) is 0 Å². The molecule has 2 rings (SSSR count). The van der Waals surface area contributed by atoms with E-state index in [4.69, 9.17) is 0 Å². The first kappa shape index (κ1) is 10.9. The van der Waals surface area contributed by atoms with Gasteiger partial charge < -0.3 is 4.90 Å².